The van der Waals surface area contributed by atoms with Gasteiger partial charge in [0.05, 0.1) is 6.04 Å². The van der Waals surface area contributed by atoms with Crippen LogP contribution < -0.4 is 5.73 Å². The Kier molecular flexibility index (Phi) is 3.76. The van der Waals surface area contributed by atoms with Gasteiger partial charge in [0.1, 0.15) is 0 Å². The second-order valence-corrected chi connectivity index (χ2v) is 5.52. The van der Waals surface area contributed by atoms with E-state index in [1.54, 1.807) is 0 Å². The lowest BCUT2D eigenvalue weighted by Gasteiger charge is -2.14. The average Bonchev–Trinajstić information content (AvgIpc) is 2.97. The van der Waals surface area contributed by atoms with Crippen molar-refractivity contribution in [3.05, 3.63) is 70.8 Å². The maximum Gasteiger partial charge on any atom is 0.222 e. The first-order valence-electron chi connectivity index (χ1n) is 7.39. The Morgan fingerprint density at radius 2 is 1.81 bits per heavy atom. The first-order valence-corrected chi connectivity index (χ1v) is 7.39. The molecule has 3 heteroatoms. The van der Waals surface area contributed by atoms with Gasteiger partial charge in [0.25, 0.3) is 0 Å². The molecule has 2 aromatic rings. The van der Waals surface area contributed by atoms with Crippen molar-refractivity contribution in [2.45, 2.75) is 32.5 Å². The molecular weight excluding hydrogens is 260 g/mol. The van der Waals surface area contributed by atoms with Crippen molar-refractivity contribution < 1.29 is 4.79 Å². The molecule has 1 heterocycles. The van der Waals surface area contributed by atoms with Crippen LogP contribution in [0.4, 0.5) is 0 Å². The number of nitrogens with two attached hydrogens (primary N) is 1. The van der Waals surface area contributed by atoms with Gasteiger partial charge in [-0.1, -0.05) is 55.5 Å². The third-order valence-electron chi connectivity index (χ3n) is 4.13. The number of benzene rings is 2. The van der Waals surface area contributed by atoms with Crippen molar-refractivity contribution in [3.8, 4) is 0 Å². The quantitative estimate of drug-likeness (QED) is 0.939. The normalized spacial score (nSPS) is 14.9. The van der Waals surface area contributed by atoms with E-state index in [1.807, 2.05) is 42.2 Å². The van der Waals surface area contributed by atoms with Gasteiger partial charge in [0.15, 0.2) is 0 Å². The van der Waals surface area contributed by atoms with Gasteiger partial charge in [0, 0.05) is 19.5 Å². The Balaban J connectivity index is 1.84. The van der Waals surface area contributed by atoms with E-state index < -0.39 is 0 Å². The summed E-state index contributed by atoms with van der Waals surface area (Å²) in [6.07, 6.45) is 0.560. The Morgan fingerprint density at radius 1 is 1.10 bits per heavy atom. The number of nitrogens with zero attached hydrogens (tertiary/aromatic N) is 1. The van der Waals surface area contributed by atoms with Crippen LogP contribution in [0.2, 0.25) is 0 Å². The predicted octanol–water partition coefficient (Wildman–Crippen LogP) is 2.99. The maximum atomic E-state index is 11.8. The monoisotopic (exact) mass is 280 g/mol. The molecule has 0 radical (unpaired) electrons. The van der Waals surface area contributed by atoms with Crippen molar-refractivity contribution >= 4 is 5.91 Å². The Morgan fingerprint density at radius 3 is 2.52 bits per heavy atom. The third-order valence-corrected chi connectivity index (χ3v) is 4.13. The van der Waals surface area contributed by atoms with Crippen LogP contribution in [0.25, 0.3) is 0 Å². The summed E-state index contributed by atoms with van der Waals surface area (Å²) in [6.45, 7) is 3.34. The number of amides is 1. The fourth-order valence-electron chi connectivity index (χ4n) is 2.86. The highest BCUT2D eigenvalue weighted by Crippen LogP contribution is 2.28. The van der Waals surface area contributed by atoms with E-state index >= 15 is 0 Å². The second-order valence-electron chi connectivity index (χ2n) is 5.52. The summed E-state index contributed by atoms with van der Waals surface area (Å²) in [5, 5.41) is 0. The van der Waals surface area contributed by atoms with E-state index in [1.165, 1.54) is 11.1 Å². The highest BCUT2D eigenvalue weighted by molar-refractivity contribution is 5.76. The van der Waals surface area contributed by atoms with Gasteiger partial charge in [0.2, 0.25) is 5.91 Å². The standard InChI is InChI=1S/C18H20N2O/c1-2-17(21)20-11-15-9-8-14(10-16(15)12-20)18(19)13-6-4-3-5-7-13/h3-10,18H,2,11-12,19H2,1H3. The molecule has 3 rings (SSSR count). The zero-order valence-electron chi connectivity index (χ0n) is 12.3. The molecule has 1 aliphatic rings. The maximum absolute atomic E-state index is 11.8. The third kappa shape index (κ3) is 2.69. The van der Waals surface area contributed by atoms with E-state index in [2.05, 4.69) is 18.2 Å². The van der Waals surface area contributed by atoms with E-state index in [0.29, 0.717) is 13.0 Å². The van der Waals surface area contributed by atoms with E-state index in [-0.39, 0.29) is 11.9 Å². The number of carbonyl (C=O) groups is 1. The Hall–Kier alpha value is -2.13. The first kappa shape index (κ1) is 13.8. The molecule has 3 nitrogen and oxygen atoms in total. The summed E-state index contributed by atoms with van der Waals surface area (Å²) in [4.78, 5) is 13.7. The summed E-state index contributed by atoms with van der Waals surface area (Å²) in [7, 11) is 0. The smallest absolute Gasteiger partial charge is 0.222 e. The largest absolute Gasteiger partial charge is 0.334 e. The van der Waals surface area contributed by atoms with Crippen LogP contribution in [0.3, 0.4) is 0 Å². The van der Waals surface area contributed by atoms with Crippen molar-refractivity contribution in [3.63, 3.8) is 0 Å². The van der Waals surface area contributed by atoms with Crippen LogP contribution in [0.5, 0.6) is 0 Å². The molecule has 0 aliphatic carbocycles. The van der Waals surface area contributed by atoms with Crippen molar-refractivity contribution in [1.29, 1.82) is 0 Å². The average molecular weight is 280 g/mol. The second kappa shape index (κ2) is 5.70. The minimum Gasteiger partial charge on any atom is -0.334 e. The lowest BCUT2D eigenvalue weighted by molar-refractivity contribution is -0.131. The SMILES string of the molecule is CCC(=O)N1Cc2ccc(C(N)c3ccccc3)cc2C1. The lowest BCUT2D eigenvalue weighted by atomic mass is 9.96. The fourth-order valence-corrected chi connectivity index (χ4v) is 2.86. The molecule has 108 valence electrons. The van der Waals surface area contributed by atoms with Crippen molar-refractivity contribution in [2.24, 2.45) is 5.73 Å². The molecule has 0 fully saturated rings. The molecule has 2 N–H and O–H groups in total. The zero-order chi connectivity index (χ0) is 14.8. The molecular formula is C18H20N2O. The number of hydrogen-bond donors (Lipinski definition) is 1. The van der Waals surface area contributed by atoms with Crippen LogP contribution in [0.15, 0.2) is 48.5 Å². The van der Waals surface area contributed by atoms with Crippen LogP contribution in [0.1, 0.15) is 41.6 Å². The number of fused-ring (bicyclic) bond motifs is 1. The molecule has 1 atom stereocenters. The minimum atomic E-state index is -0.118. The Labute approximate surface area is 125 Å². The highest BCUT2D eigenvalue weighted by Gasteiger charge is 2.23. The van der Waals surface area contributed by atoms with Gasteiger partial charge in [-0.05, 0) is 22.3 Å². The van der Waals surface area contributed by atoms with Crippen molar-refractivity contribution in [2.75, 3.05) is 0 Å². The first-order chi connectivity index (χ1) is 10.2. The topological polar surface area (TPSA) is 46.3 Å². The molecule has 0 saturated heterocycles. The lowest BCUT2D eigenvalue weighted by Crippen LogP contribution is -2.23. The van der Waals surface area contributed by atoms with Crippen LogP contribution in [-0.2, 0) is 17.9 Å². The summed E-state index contributed by atoms with van der Waals surface area (Å²) in [6, 6.07) is 16.3. The molecule has 0 spiro atoms. The van der Waals surface area contributed by atoms with Crippen molar-refractivity contribution in [1.82, 2.24) is 4.90 Å². The molecule has 1 amide bonds. The molecule has 0 bridgehead atoms. The molecule has 1 unspecified atom stereocenters. The summed E-state index contributed by atoms with van der Waals surface area (Å²) >= 11 is 0. The van der Waals surface area contributed by atoms with Gasteiger partial charge in [-0.3, -0.25) is 4.79 Å². The summed E-state index contributed by atoms with van der Waals surface area (Å²) in [5.74, 6) is 0.208. The van der Waals surface area contributed by atoms with Gasteiger partial charge < -0.3 is 10.6 Å². The zero-order valence-corrected chi connectivity index (χ0v) is 12.3. The molecule has 0 saturated carbocycles. The van der Waals surface area contributed by atoms with Crippen LogP contribution in [0, 0.1) is 0 Å². The predicted molar refractivity (Wildman–Crippen MR) is 83.5 cm³/mol. The molecule has 1 aliphatic heterocycles. The number of carbonyl (C=O) groups excluding carboxylic acids is 1. The van der Waals surface area contributed by atoms with E-state index in [9.17, 15) is 4.79 Å². The van der Waals surface area contributed by atoms with Gasteiger partial charge in [-0.2, -0.15) is 0 Å². The highest BCUT2D eigenvalue weighted by atomic mass is 16.2. The summed E-state index contributed by atoms with van der Waals surface area (Å²) in [5.41, 5.74) is 11.0. The van der Waals surface area contributed by atoms with Crippen LogP contribution >= 0.6 is 0 Å². The fraction of sp³-hybridized carbons (Fsp3) is 0.278. The van der Waals surface area contributed by atoms with Gasteiger partial charge in [-0.25, -0.2) is 0 Å². The van der Waals surface area contributed by atoms with Gasteiger partial charge >= 0.3 is 0 Å². The van der Waals surface area contributed by atoms with Crippen LogP contribution in [-0.4, -0.2) is 10.8 Å². The van der Waals surface area contributed by atoms with E-state index in [4.69, 9.17) is 5.73 Å². The minimum absolute atomic E-state index is 0.118. The number of hydrogen-bond acceptors (Lipinski definition) is 2. The molecule has 0 aromatic heterocycles. The summed E-state index contributed by atoms with van der Waals surface area (Å²) < 4.78 is 0. The molecule has 2 aromatic carbocycles. The Bertz CT molecular complexity index is 652. The van der Waals surface area contributed by atoms with Gasteiger partial charge in [-0.15, -0.1) is 0 Å². The number of rotatable bonds is 3. The van der Waals surface area contributed by atoms with E-state index in [0.717, 1.165) is 17.7 Å². The molecule has 21 heavy (non-hydrogen) atoms.